The molecule has 0 saturated heterocycles. The number of nitrogens with zero attached hydrogens (tertiary/aromatic N) is 1. The van der Waals surface area contributed by atoms with E-state index in [9.17, 15) is 9.59 Å². The Hall–Kier alpha value is -2.10. The van der Waals surface area contributed by atoms with Crippen molar-refractivity contribution >= 4 is 18.0 Å². The summed E-state index contributed by atoms with van der Waals surface area (Å²) < 4.78 is 4.74. The number of unbranched alkanes of at least 4 members (excludes halogenated alkanes) is 1. The van der Waals surface area contributed by atoms with E-state index in [1.165, 1.54) is 12.7 Å². The van der Waals surface area contributed by atoms with E-state index in [0.29, 0.717) is 13.1 Å². The van der Waals surface area contributed by atoms with Crippen molar-refractivity contribution in [1.82, 2.24) is 4.90 Å². The molecule has 1 atom stereocenters. The zero-order chi connectivity index (χ0) is 17.2. The molecule has 1 aromatic rings. The number of esters is 1. The highest BCUT2D eigenvalue weighted by Gasteiger charge is 2.19. The summed E-state index contributed by atoms with van der Waals surface area (Å²) in [5.74, 6) is -0.690. The smallest absolute Gasteiger partial charge is 0.310 e. The van der Waals surface area contributed by atoms with Crippen molar-refractivity contribution < 1.29 is 14.3 Å². The van der Waals surface area contributed by atoms with Crippen molar-refractivity contribution in [3.63, 3.8) is 0 Å². The summed E-state index contributed by atoms with van der Waals surface area (Å²) >= 11 is 0. The maximum absolute atomic E-state index is 12.4. The highest BCUT2D eigenvalue weighted by Crippen LogP contribution is 2.08. The third-order valence-corrected chi connectivity index (χ3v) is 3.69. The Labute approximate surface area is 139 Å². The van der Waals surface area contributed by atoms with Gasteiger partial charge in [0.1, 0.15) is 0 Å². The van der Waals surface area contributed by atoms with Crippen molar-refractivity contribution in [1.29, 1.82) is 0 Å². The molecule has 1 rings (SSSR count). The molecular formula is C19H27NO3. The second-order valence-electron chi connectivity index (χ2n) is 5.81. The molecule has 126 valence electrons. The SMILES string of the molecule is CCCCN(CC(C)C(=O)OC)C(=O)/C=C/c1ccc(C)cc1. The second-order valence-corrected chi connectivity index (χ2v) is 5.81. The lowest BCUT2D eigenvalue weighted by Crippen LogP contribution is -2.37. The van der Waals surface area contributed by atoms with Crippen LogP contribution in [0.5, 0.6) is 0 Å². The van der Waals surface area contributed by atoms with Crippen LogP contribution in [-0.4, -0.2) is 37.0 Å². The predicted molar refractivity (Wildman–Crippen MR) is 92.9 cm³/mol. The van der Waals surface area contributed by atoms with Gasteiger partial charge in [-0.1, -0.05) is 50.1 Å². The molecule has 0 bridgehead atoms. The van der Waals surface area contributed by atoms with E-state index in [2.05, 4.69) is 6.92 Å². The van der Waals surface area contributed by atoms with Gasteiger partial charge in [0.2, 0.25) is 5.91 Å². The molecule has 0 N–H and O–H groups in total. The number of amides is 1. The number of hydrogen-bond donors (Lipinski definition) is 0. The maximum atomic E-state index is 12.4. The van der Waals surface area contributed by atoms with Crippen molar-refractivity contribution in [3.8, 4) is 0 Å². The Balaban J connectivity index is 2.74. The lowest BCUT2D eigenvalue weighted by atomic mass is 10.1. The summed E-state index contributed by atoms with van der Waals surface area (Å²) in [7, 11) is 1.37. The average Bonchev–Trinajstić information content (AvgIpc) is 2.56. The Morgan fingerprint density at radius 2 is 1.91 bits per heavy atom. The fourth-order valence-corrected chi connectivity index (χ4v) is 2.20. The van der Waals surface area contributed by atoms with E-state index in [-0.39, 0.29) is 17.8 Å². The summed E-state index contributed by atoms with van der Waals surface area (Å²) in [5.41, 5.74) is 2.17. The molecule has 0 fully saturated rings. The largest absolute Gasteiger partial charge is 0.469 e. The summed E-state index contributed by atoms with van der Waals surface area (Å²) in [6.45, 7) is 6.91. The minimum atomic E-state index is -0.325. The first-order chi connectivity index (χ1) is 11.0. The van der Waals surface area contributed by atoms with Crippen molar-refractivity contribution in [2.24, 2.45) is 5.92 Å². The van der Waals surface area contributed by atoms with Crippen LogP contribution in [-0.2, 0) is 14.3 Å². The average molecular weight is 317 g/mol. The summed E-state index contributed by atoms with van der Waals surface area (Å²) in [5, 5.41) is 0. The standard InChI is InChI=1S/C19H27NO3/c1-5-6-13-20(14-16(3)19(22)23-4)18(21)12-11-17-9-7-15(2)8-10-17/h7-12,16H,5-6,13-14H2,1-4H3/b12-11+. The fourth-order valence-electron chi connectivity index (χ4n) is 2.20. The van der Waals surface area contributed by atoms with Crippen LogP contribution >= 0.6 is 0 Å². The topological polar surface area (TPSA) is 46.6 Å². The molecule has 1 amide bonds. The molecule has 0 spiro atoms. The summed E-state index contributed by atoms with van der Waals surface area (Å²) in [6.07, 6.45) is 5.30. The van der Waals surface area contributed by atoms with Gasteiger partial charge in [-0.15, -0.1) is 0 Å². The van der Waals surface area contributed by atoms with Crippen LogP contribution in [0.3, 0.4) is 0 Å². The lowest BCUT2D eigenvalue weighted by molar-refractivity contribution is -0.146. The molecule has 0 aromatic heterocycles. The van der Waals surface area contributed by atoms with Gasteiger partial charge >= 0.3 is 5.97 Å². The molecule has 0 aliphatic carbocycles. The lowest BCUT2D eigenvalue weighted by Gasteiger charge is -2.23. The molecule has 0 saturated carbocycles. The number of benzene rings is 1. The van der Waals surface area contributed by atoms with Gasteiger partial charge in [0.25, 0.3) is 0 Å². The van der Waals surface area contributed by atoms with Crippen LogP contribution in [0.1, 0.15) is 37.8 Å². The van der Waals surface area contributed by atoms with Crippen LogP contribution < -0.4 is 0 Å². The highest BCUT2D eigenvalue weighted by molar-refractivity contribution is 5.92. The van der Waals surface area contributed by atoms with E-state index in [0.717, 1.165) is 18.4 Å². The van der Waals surface area contributed by atoms with Gasteiger partial charge in [0.15, 0.2) is 0 Å². The van der Waals surface area contributed by atoms with Crippen LogP contribution in [0.15, 0.2) is 30.3 Å². The first kappa shape index (κ1) is 18.9. The van der Waals surface area contributed by atoms with Crippen LogP contribution in [0.25, 0.3) is 6.08 Å². The van der Waals surface area contributed by atoms with Gasteiger partial charge in [-0.25, -0.2) is 0 Å². The molecule has 0 heterocycles. The zero-order valence-corrected chi connectivity index (χ0v) is 14.5. The Kier molecular flexibility index (Phi) is 8.09. The fraction of sp³-hybridized carbons (Fsp3) is 0.474. The van der Waals surface area contributed by atoms with Crippen LogP contribution in [0.4, 0.5) is 0 Å². The molecule has 4 nitrogen and oxygen atoms in total. The molecule has 23 heavy (non-hydrogen) atoms. The summed E-state index contributed by atoms with van der Waals surface area (Å²) in [6, 6.07) is 7.98. The molecule has 1 aromatic carbocycles. The molecule has 0 aliphatic rings. The Bertz CT molecular complexity index is 534. The highest BCUT2D eigenvalue weighted by atomic mass is 16.5. The number of aryl methyl sites for hydroxylation is 1. The van der Waals surface area contributed by atoms with Crippen LogP contribution in [0, 0.1) is 12.8 Å². The van der Waals surface area contributed by atoms with Gasteiger partial charge < -0.3 is 9.64 Å². The number of hydrogen-bond acceptors (Lipinski definition) is 3. The first-order valence-corrected chi connectivity index (χ1v) is 8.09. The quantitative estimate of drug-likeness (QED) is 0.545. The molecule has 0 radical (unpaired) electrons. The molecular weight excluding hydrogens is 290 g/mol. The number of ether oxygens (including phenoxy) is 1. The van der Waals surface area contributed by atoms with E-state index >= 15 is 0 Å². The number of methoxy groups -OCH3 is 1. The number of rotatable bonds is 8. The first-order valence-electron chi connectivity index (χ1n) is 8.09. The van der Waals surface area contributed by atoms with Gasteiger partial charge in [0.05, 0.1) is 13.0 Å². The molecule has 1 unspecified atom stereocenters. The predicted octanol–water partition coefficient (Wildman–Crippen LogP) is 3.45. The van der Waals surface area contributed by atoms with Crippen molar-refractivity contribution in [3.05, 3.63) is 41.5 Å². The van der Waals surface area contributed by atoms with Crippen LogP contribution in [0.2, 0.25) is 0 Å². The Morgan fingerprint density at radius 1 is 1.26 bits per heavy atom. The van der Waals surface area contributed by atoms with E-state index in [4.69, 9.17) is 4.74 Å². The Morgan fingerprint density at radius 3 is 2.48 bits per heavy atom. The second kappa shape index (κ2) is 9.82. The monoisotopic (exact) mass is 317 g/mol. The number of carbonyl (C=O) groups excluding carboxylic acids is 2. The normalized spacial score (nSPS) is 12.2. The maximum Gasteiger partial charge on any atom is 0.310 e. The van der Waals surface area contributed by atoms with Crippen molar-refractivity contribution in [2.45, 2.75) is 33.6 Å². The number of carbonyl (C=O) groups is 2. The molecule has 4 heteroatoms. The third-order valence-electron chi connectivity index (χ3n) is 3.69. The molecule has 0 aliphatic heterocycles. The van der Waals surface area contributed by atoms with Crippen molar-refractivity contribution in [2.75, 3.05) is 20.2 Å². The van der Waals surface area contributed by atoms with E-state index in [1.54, 1.807) is 17.9 Å². The van der Waals surface area contributed by atoms with E-state index in [1.807, 2.05) is 37.3 Å². The van der Waals surface area contributed by atoms with Gasteiger partial charge in [-0.2, -0.15) is 0 Å². The zero-order valence-electron chi connectivity index (χ0n) is 14.5. The minimum absolute atomic E-state index is 0.0743. The van der Waals surface area contributed by atoms with E-state index < -0.39 is 0 Å². The summed E-state index contributed by atoms with van der Waals surface area (Å²) in [4.78, 5) is 25.7. The van der Waals surface area contributed by atoms with Gasteiger partial charge in [-0.3, -0.25) is 9.59 Å². The van der Waals surface area contributed by atoms with Gasteiger partial charge in [0, 0.05) is 19.2 Å². The minimum Gasteiger partial charge on any atom is -0.469 e. The third kappa shape index (κ3) is 6.68. The van der Waals surface area contributed by atoms with Gasteiger partial charge in [-0.05, 0) is 25.0 Å².